The van der Waals surface area contributed by atoms with Crippen LogP contribution in [0.4, 0.5) is 5.69 Å². The molecule has 0 saturated carbocycles. The summed E-state index contributed by atoms with van der Waals surface area (Å²) in [6, 6.07) is 14.0. The summed E-state index contributed by atoms with van der Waals surface area (Å²) in [6.45, 7) is 19.3. The van der Waals surface area contributed by atoms with E-state index in [-0.39, 0.29) is 44.5 Å². The minimum Gasteiger partial charge on any atom is -0.456 e. The smallest absolute Gasteiger partial charge is 0.359 e. The molecule has 1 aliphatic heterocycles. The monoisotopic (exact) mass is 727 g/mol. The van der Waals surface area contributed by atoms with Gasteiger partial charge in [-0.2, -0.15) is 5.26 Å². The lowest BCUT2D eigenvalue weighted by atomic mass is 9.92. The van der Waals surface area contributed by atoms with E-state index in [9.17, 15) is 29.8 Å². The number of amides is 1. The highest BCUT2D eigenvalue weighted by Crippen LogP contribution is 2.46. The average molecular weight is 728 g/mol. The normalized spacial score (nSPS) is 17.7. The predicted octanol–water partition coefficient (Wildman–Crippen LogP) is 8.01. The van der Waals surface area contributed by atoms with E-state index in [1.54, 1.807) is 32.9 Å². The maximum absolute atomic E-state index is 14.2. The zero-order valence-electron chi connectivity index (χ0n) is 29.7. The number of carbonyl (C=O) groups excluding carboxylic acids is 3. The van der Waals surface area contributed by atoms with Crippen molar-refractivity contribution in [1.82, 2.24) is 4.90 Å². The number of thioether (sulfide) groups is 2. The molecule has 2 aromatic rings. The fraction of sp³-hybridized carbons (Fsp3) is 0.486. The first-order chi connectivity index (χ1) is 22.7. The number of esters is 1. The van der Waals surface area contributed by atoms with Crippen molar-refractivity contribution in [3.8, 4) is 11.8 Å². The molecule has 2 aromatic carbocycles. The second-order valence-electron chi connectivity index (χ2n) is 14.1. The number of non-ortho nitro benzene ring substituents is 1. The Morgan fingerprint density at radius 1 is 1.08 bits per heavy atom. The molecule has 0 N–H and O–H groups in total. The van der Waals surface area contributed by atoms with Crippen molar-refractivity contribution in [3.63, 3.8) is 0 Å². The molecule has 1 amide bonds. The summed E-state index contributed by atoms with van der Waals surface area (Å²) in [7, 11) is -2.28. The van der Waals surface area contributed by atoms with Gasteiger partial charge in [0.25, 0.3) is 5.69 Å². The van der Waals surface area contributed by atoms with Gasteiger partial charge in [-0.3, -0.25) is 24.6 Å². The molecule has 1 fully saturated rings. The first kappa shape index (κ1) is 39.8. The lowest BCUT2D eigenvalue weighted by Gasteiger charge is -2.51. The van der Waals surface area contributed by atoms with E-state index in [4.69, 9.17) is 13.9 Å². The molecule has 264 valence electrons. The molecule has 0 aromatic heterocycles. The zero-order valence-corrected chi connectivity index (χ0v) is 32.3. The summed E-state index contributed by atoms with van der Waals surface area (Å²) in [6.07, 6.45) is -0.474. The van der Waals surface area contributed by atoms with Crippen LogP contribution in [0.1, 0.15) is 66.5 Å². The Balaban J connectivity index is 2.17. The van der Waals surface area contributed by atoms with Crippen molar-refractivity contribution in [3.05, 3.63) is 80.6 Å². The second kappa shape index (κ2) is 15.9. The zero-order chi connectivity index (χ0) is 36.9. The molecule has 1 heterocycles. The molecule has 49 heavy (non-hydrogen) atoms. The van der Waals surface area contributed by atoms with E-state index < -0.39 is 47.9 Å². The summed E-state index contributed by atoms with van der Waals surface area (Å²) in [5, 5.41) is 19.7. The molecule has 1 aliphatic rings. The first-order valence-corrected chi connectivity index (χ1v) is 20.7. The Kier molecular flexibility index (Phi) is 12.9. The van der Waals surface area contributed by atoms with Gasteiger partial charge in [-0.15, -0.1) is 11.8 Å². The highest BCUT2D eigenvalue weighted by molar-refractivity contribution is 8.16. The van der Waals surface area contributed by atoms with Crippen LogP contribution in [-0.2, 0) is 30.2 Å². The molecular weight excluding hydrogens is 683 g/mol. The average Bonchev–Trinajstić information content (AvgIpc) is 3.01. The third kappa shape index (κ3) is 9.54. The number of carbonyl (C=O) groups is 3. The van der Waals surface area contributed by atoms with Crippen LogP contribution >= 0.6 is 23.5 Å². The minimum atomic E-state index is -2.28. The van der Waals surface area contributed by atoms with Gasteiger partial charge < -0.3 is 13.9 Å². The SMILES string of the molecule is CCS[C@@H]1[C@@H]([C@@H](C)O[Si](C)(C)C(C)(C)C)C(=O)N1C(C(=O)OCc1ccc([N+](=O)[O-])cc1)=C(Oc1ccccc1C#N)SC(=O)C(C)(C)C. The molecule has 1 saturated heterocycles. The minimum absolute atomic E-state index is 0.0914. The van der Waals surface area contributed by atoms with Gasteiger partial charge in [0.1, 0.15) is 18.4 Å². The van der Waals surface area contributed by atoms with E-state index in [0.29, 0.717) is 23.1 Å². The Morgan fingerprint density at radius 3 is 2.22 bits per heavy atom. The van der Waals surface area contributed by atoms with E-state index in [1.807, 2.05) is 13.8 Å². The number of benzene rings is 2. The molecule has 0 spiro atoms. The number of para-hydroxylation sites is 1. The Labute approximate surface area is 298 Å². The highest BCUT2D eigenvalue weighted by Gasteiger charge is 2.56. The van der Waals surface area contributed by atoms with Crippen molar-refractivity contribution < 1.29 is 33.2 Å². The number of hydrogen-bond donors (Lipinski definition) is 0. The van der Waals surface area contributed by atoms with Gasteiger partial charge in [-0.1, -0.05) is 60.6 Å². The van der Waals surface area contributed by atoms with Crippen molar-refractivity contribution in [2.75, 3.05) is 5.75 Å². The number of nitrogens with zero attached hydrogens (tertiary/aromatic N) is 3. The van der Waals surface area contributed by atoms with Gasteiger partial charge in [-0.05, 0) is 72.4 Å². The van der Waals surface area contributed by atoms with Gasteiger partial charge in [0.05, 0.1) is 27.9 Å². The van der Waals surface area contributed by atoms with Crippen molar-refractivity contribution in [2.24, 2.45) is 11.3 Å². The third-order valence-corrected chi connectivity index (χ3v) is 15.4. The molecule has 0 bridgehead atoms. The number of nitriles is 1. The van der Waals surface area contributed by atoms with Crippen LogP contribution < -0.4 is 4.74 Å². The first-order valence-electron chi connectivity index (χ1n) is 15.9. The summed E-state index contributed by atoms with van der Waals surface area (Å²) in [5.41, 5.74) is -0.634. The van der Waals surface area contributed by atoms with Crippen molar-refractivity contribution >= 4 is 54.5 Å². The van der Waals surface area contributed by atoms with Crippen LogP contribution in [0, 0.1) is 32.8 Å². The molecule has 0 radical (unpaired) electrons. The molecular formula is C35H45N3O8S2Si. The second-order valence-corrected chi connectivity index (χ2v) is 21.2. The quantitative estimate of drug-likeness (QED) is 0.0376. The maximum atomic E-state index is 14.2. The van der Waals surface area contributed by atoms with Crippen LogP contribution in [0.25, 0.3) is 0 Å². The van der Waals surface area contributed by atoms with E-state index >= 15 is 0 Å². The maximum Gasteiger partial charge on any atom is 0.359 e. The molecule has 14 heteroatoms. The van der Waals surface area contributed by atoms with Crippen LogP contribution in [0.5, 0.6) is 5.75 Å². The van der Waals surface area contributed by atoms with E-state index in [0.717, 1.165) is 0 Å². The largest absolute Gasteiger partial charge is 0.456 e. The van der Waals surface area contributed by atoms with E-state index in [1.165, 1.54) is 53.1 Å². The number of nitro groups is 1. The predicted molar refractivity (Wildman–Crippen MR) is 194 cm³/mol. The summed E-state index contributed by atoms with van der Waals surface area (Å²) in [4.78, 5) is 53.9. The van der Waals surface area contributed by atoms with Gasteiger partial charge in [0.15, 0.2) is 19.1 Å². The number of hydrogen-bond acceptors (Lipinski definition) is 11. The Morgan fingerprint density at radius 2 is 1.69 bits per heavy atom. The van der Waals surface area contributed by atoms with Crippen LogP contribution in [0.15, 0.2) is 59.3 Å². The number of rotatable bonds is 13. The topological polar surface area (TPSA) is 149 Å². The Bertz CT molecular complexity index is 1640. The Hall–Kier alpha value is -3.64. The summed E-state index contributed by atoms with van der Waals surface area (Å²) < 4.78 is 18.6. The standard InChI is InChI=1S/C35H45N3O8S2Si/c1-11-47-30-27(22(2)46-49(9,10)35(6,7)8)29(39)37(30)28(31(40)44-21-23-16-18-25(19-17-23)38(42)43)32(48-33(41)34(3,4)5)45-26-15-13-12-14-24(26)20-36/h12-19,22,27,30H,11,21H2,1-10H3/t22-,27+,30-/m1/s1. The summed E-state index contributed by atoms with van der Waals surface area (Å²) in [5.74, 6) is -1.24. The molecule has 3 atom stereocenters. The van der Waals surface area contributed by atoms with Crippen molar-refractivity contribution in [2.45, 2.75) is 91.6 Å². The molecule has 3 rings (SSSR count). The van der Waals surface area contributed by atoms with Crippen LogP contribution in [0.3, 0.4) is 0 Å². The third-order valence-electron chi connectivity index (χ3n) is 8.37. The number of likely N-dealkylation sites (tertiary alicyclic amines) is 1. The van der Waals surface area contributed by atoms with Gasteiger partial charge in [0, 0.05) is 17.5 Å². The van der Waals surface area contributed by atoms with Crippen LogP contribution in [0.2, 0.25) is 18.1 Å². The fourth-order valence-electron chi connectivity index (χ4n) is 4.53. The number of nitro benzene ring substituents is 1. The molecule has 0 aliphatic carbocycles. The lowest BCUT2D eigenvalue weighted by molar-refractivity contribution is -0.384. The molecule has 11 nitrogen and oxygen atoms in total. The van der Waals surface area contributed by atoms with Crippen LogP contribution in [-0.4, -0.2) is 52.4 Å². The van der Waals surface area contributed by atoms with Crippen molar-refractivity contribution in [1.29, 1.82) is 5.26 Å². The van der Waals surface area contributed by atoms with E-state index in [2.05, 4.69) is 39.9 Å². The summed E-state index contributed by atoms with van der Waals surface area (Å²) >= 11 is 2.11. The molecule has 0 unspecified atom stereocenters. The highest BCUT2D eigenvalue weighted by atomic mass is 32.2. The van der Waals surface area contributed by atoms with Gasteiger partial charge in [-0.25, -0.2) is 4.79 Å². The lowest BCUT2D eigenvalue weighted by Crippen LogP contribution is -2.64. The van der Waals surface area contributed by atoms with Gasteiger partial charge in [0.2, 0.25) is 11.0 Å². The fourth-order valence-corrected chi connectivity index (χ4v) is 8.09. The van der Waals surface area contributed by atoms with Gasteiger partial charge >= 0.3 is 5.97 Å². The number of ether oxygens (including phenoxy) is 2. The number of β-lactam (4-membered cyclic amide) rings is 1.